The van der Waals surface area contributed by atoms with Crippen LogP contribution < -0.4 is 5.32 Å². The summed E-state index contributed by atoms with van der Waals surface area (Å²) < 4.78 is 1.06. The van der Waals surface area contributed by atoms with Crippen molar-refractivity contribution in [2.75, 3.05) is 0 Å². The number of carbonyl (C=O) groups excluding carboxylic acids is 1. The largest absolute Gasteiger partial charge is 0.353 e. The van der Waals surface area contributed by atoms with Gasteiger partial charge in [0.2, 0.25) is 5.91 Å². The van der Waals surface area contributed by atoms with E-state index < -0.39 is 0 Å². The highest BCUT2D eigenvalue weighted by Gasteiger charge is 2.42. The van der Waals surface area contributed by atoms with Crippen molar-refractivity contribution in [3.8, 4) is 0 Å². The third-order valence-corrected chi connectivity index (χ3v) is 5.14. The minimum Gasteiger partial charge on any atom is -0.353 e. The molecule has 0 bridgehead atoms. The van der Waals surface area contributed by atoms with Gasteiger partial charge in [0.25, 0.3) is 0 Å². The average Bonchev–Trinajstić information content (AvgIpc) is 2.96. The number of hydrogen-bond acceptors (Lipinski definition) is 1. The van der Waals surface area contributed by atoms with Gasteiger partial charge in [0.05, 0.1) is 5.41 Å². The first-order chi connectivity index (χ1) is 9.62. The van der Waals surface area contributed by atoms with Gasteiger partial charge in [-0.15, -0.1) is 0 Å². The van der Waals surface area contributed by atoms with Gasteiger partial charge in [-0.25, -0.2) is 0 Å². The van der Waals surface area contributed by atoms with Crippen LogP contribution >= 0.6 is 15.9 Å². The van der Waals surface area contributed by atoms with E-state index in [0.29, 0.717) is 6.04 Å². The van der Waals surface area contributed by atoms with Gasteiger partial charge in [0, 0.05) is 10.5 Å². The van der Waals surface area contributed by atoms with E-state index in [1.807, 2.05) is 12.1 Å². The molecule has 1 aromatic carbocycles. The zero-order valence-electron chi connectivity index (χ0n) is 12.4. The van der Waals surface area contributed by atoms with Crippen molar-refractivity contribution in [3.05, 3.63) is 34.3 Å². The van der Waals surface area contributed by atoms with E-state index in [0.717, 1.165) is 43.0 Å². The molecule has 0 atom stereocenters. The lowest BCUT2D eigenvalue weighted by atomic mass is 9.77. The van der Waals surface area contributed by atoms with Crippen LogP contribution in [0, 0.1) is 0 Å². The van der Waals surface area contributed by atoms with Crippen molar-refractivity contribution >= 4 is 21.8 Å². The Labute approximate surface area is 130 Å². The molecule has 0 aliphatic heterocycles. The van der Waals surface area contributed by atoms with Crippen molar-refractivity contribution < 1.29 is 4.79 Å². The number of amides is 1. The highest BCUT2D eigenvalue weighted by atomic mass is 79.9. The first-order valence-corrected chi connectivity index (χ1v) is 8.48. The molecule has 20 heavy (non-hydrogen) atoms. The number of hydrogen-bond donors (Lipinski definition) is 1. The minimum absolute atomic E-state index is 0.228. The van der Waals surface area contributed by atoms with Gasteiger partial charge in [-0.05, 0) is 43.4 Å². The Hall–Kier alpha value is -0.830. The average molecular weight is 338 g/mol. The molecule has 3 heteroatoms. The third kappa shape index (κ3) is 3.08. The molecule has 1 saturated carbocycles. The molecule has 2 nitrogen and oxygen atoms in total. The number of halogens is 1. The van der Waals surface area contributed by atoms with Crippen molar-refractivity contribution in [3.63, 3.8) is 0 Å². The fourth-order valence-electron chi connectivity index (χ4n) is 3.21. The highest BCUT2D eigenvalue weighted by molar-refractivity contribution is 9.10. The second kappa shape index (κ2) is 6.75. The number of nitrogens with one attached hydrogen (secondary N) is 1. The Balaban J connectivity index is 2.25. The Morgan fingerprint density at radius 1 is 1.20 bits per heavy atom. The minimum atomic E-state index is -0.302. The Bertz CT molecular complexity index is 445. The van der Waals surface area contributed by atoms with Crippen molar-refractivity contribution in [2.24, 2.45) is 0 Å². The first-order valence-electron chi connectivity index (χ1n) is 7.69. The molecule has 0 spiro atoms. The summed E-state index contributed by atoms with van der Waals surface area (Å²) in [7, 11) is 0. The van der Waals surface area contributed by atoms with E-state index in [1.165, 1.54) is 5.56 Å². The lowest BCUT2D eigenvalue weighted by Gasteiger charge is -2.30. The molecule has 1 aliphatic rings. The van der Waals surface area contributed by atoms with Gasteiger partial charge in [-0.3, -0.25) is 4.79 Å². The maximum Gasteiger partial charge on any atom is 0.230 e. The summed E-state index contributed by atoms with van der Waals surface area (Å²) in [6, 6.07) is 8.58. The second-order valence-corrected chi connectivity index (χ2v) is 6.70. The molecule has 1 fully saturated rings. The zero-order valence-corrected chi connectivity index (χ0v) is 14.0. The lowest BCUT2D eigenvalue weighted by Crippen LogP contribution is -2.46. The number of carbonyl (C=O) groups is 1. The fraction of sp³-hybridized carbons (Fsp3) is 0.588. The van der Waals surface area contributed by atoms with Crippen LogP contribution in [0.15, 0.2) is 28.7 Å². The molecule has 1 N–H and O–H groups in total. The van der Waals surface area contributed by atoms with Crippen LogP contribution in [0.1, 0.15) is 57.9 Å². The molecule has 0 radical (unpaired) electrons. The molecular formula is C17H24BrNO. The highest BCUT2D eigenvalue weighted by Crippen LogP contribution is 2.41. The maximum absolute atomic E-state index is 12.9. The Morgan fingerprint density at radius 2 is 1.75 bits per heavy atom. The van der Waals surface area contributed by atoms with Crippen molar-refractivity contribution in [1.82, 2.24) is 5.32 Å². The van der Waals surface area contributed by atoms with Crippen LogP contribution in [0.2, 0.25) is 0 Å². The van der Waals surface area contributed by atoms with Crippen LogP contribution in [-0.4, -0.2) is 11.9 Å². The van der Waals surface area contributed by atoms with Crippen LogP contribution in [0.5, 0.6) is 0 Å². The monoisotopic (exact) mass is 337 g/mol. The molecule has 0 saturated heterocycles. The number of rotatable bonds is 5. The summed E-state index contributed by atoms with van der Waals surface area (Å²) in [5.41, 5.74) is 0.866. The van der Waals surface area contributed by atoms with Gasteiger partial charge in [0.15, 0.2) is 0 Å². The van der Waals surface area contributed by atoms with Crippen LogP contribution in [0.3, 0.4) is 0 Å². The molecule has 0 unspecified atom stereocenters. The van der Waals surface area contributed by atoms with Gasteiger partial charge in [-0.2, -0.15) is 0 Å². The van der Waals surface area contributed by atoms with Crippen LogP contribution in [0.25, 0.3) is 0 Å². The predicted octanol–water partition coefficient (Wildman–Crippen LogP) is 4.57. The van der Waals surface area contributed by atoms with Gasteiger partial charge in [0.1, 0.15) is 0 Å². The van der Waals surface area contributed by atoms with Gasteiger partial charge < -0.3 is 5.32 Å². The molecule has 2 rings (SSSR count). The SMILES string of the molecule is CCC(CC)NC(=O)C1(c2ccc(Br)cc2)CCCC1. The normalized spacial score (nSPS) is 17.4. The third-order valence-electron chi connectivity index (χ3n) is 4.61. The zero-order chi connectivity index (χ0) is 14.6. The van der Waals surface area contributed by atoms with E-state index in [1.54, 1.807) is 0 Å². The topological polar surface area (TPSA) is 29.1 Å². The van der Waals surface area contributed by atoms with Crippen LogP contribution in [0.4, 0.5) is 0 Å². The van der Waals surface area contributed by atoms with E-state index in [2.05, 4.69) is 47.2 Å². The second-order valence-electron chi connectivity index (χ2n) is 5.78. The molecule has 110 valence electrons. The summed E-state index contributed by atoms with van der Waals surface area (Å²) >= 11 is 3.47. The van der Waals surface area contributed by atoms with Crippen LogP contribution in [-0.2, 0) is 10.2 Å². The summed E-state index contributed by atoms with van der Waals surface area (Å²) in [5.74, 6) is 0.228. The summed E-state index contributed by atoms with van der Waals surface area (Å²) in [6.45, 7) is 4.27. The summed E-state index contributed by atoms with van der Waals surface area (Å²) in [6.07, 6.45) is 6.23. The van der Waals surface area contributed by atoms with E-state index >= 15 is 0 Å². The van der Waals surface area contributed by atoms with Gasteiger partial charge in [-0.1, -0.05) is 54.8 Å². The number of benzene rings is 1. The van der Waals surface area contributed by atoms with E-state index in [-0.39, 0.29) is 11.3 Å². The van der Waals surface area contributed by atoms with E-state index in [4.69, 9.17) is 0 Å². The fourth-order valence-corrected chi connectivity index (χ4v) is 3.47. The Kier molecular flexibility index (Phi) is 5.25. The first kappa shape index (κ1) is 15.6. The molecule has 0 aromatic heterocycles. The molecule has 1 aliphatic carbocycles. The summed E-state index contributed by atoms with van der Waals surface area (Å²) in [4.78, 5) is 12.9. The summed E-state index contributed by atoms with van der Waals surface area (Å²) in [5, 5.41) is 3.26. The molecule has 1 aromatic rings. The van der Waals surface area contributed by atoms with Crippen molar-refractivity contribution in [2.45, 2.75) is 63.8 Å². The van der Waals surface area contributed by atoms with Crippen molar-refractivity contribution in [1.29, 1.82) is 0 Å². The quantitative estimate of drug-likeness (QED) is 0.837. The standard InChI is InChI=1S/C17H24BrNO/c1-3-15(4-2)19-16(20)17(11-5-6-12-17)13-7-9-14(18)10-8-13/h7-10,15H,3-6,11-12H2,1-2H3,(H,19,20). The van der Waals surface area contributed by atoms with E-state index in [9.17, 15) is 4.79 Å². The van der Waals surface area contributed by atoms with Gasteiger partial charge >= 0.3 is 0 Å². The smallest absolute Gasteiger partial charge is 0.230 e. The predicted molar refractivity (Wildman–Crippen MR) is 86.8 cm³/mol. The maximum atomic E-state index is 12.9. The molecular weight excluding hydrogens is 314 g/mol. The lowest BCUT2D eigenvalue weighted by molar-refractivity contribution is -0.127. The Morgan fingerprint density at radius 3 is 2.25 bits per heavy atom. The molecule has 0 heterocycles. The molecule has 1 amide bonds.